The number of hydrogen-bond donors (Lipinski definition) is 0. The molecule has 0 fully saturated rings. The number of nitrogens with zero attached hydrogens (tertiary/aromatic N) is 3. The maximum atomic E-state index is 14.2. The van der Waals surface area contributed by atoms with E-state index >= 15 is 0 Å². The summed E-state index contributed by atoms with van der Waals surface area (Å²) in [4.78, 5) is 22.9. The summed E-state index contributed by atoms with van der Waals surface area (Å²) in [5, 5.41) is 0.687. The highest BCUT2D eigenvalue weighted by atomic mass is 35.5. The van der Waals surface area contributed by atoms with E-state index in [1.54, 1.807) is 7.11 Å². The van der Waals surface area contributed by atoms with Crippen LogP contribution in [0, 0.1) is 0 Å². The Morgan fingerprint density at radius 3 is 2.26 bits per heavy atom. The van der Waals surface area contributed by atoms with Gasteiger partial charge in [-0.2, -0.15) is 0 Å². The Bertz CT molecular complexity index is 1280. The van der Waals surface area contributed by atoms with Gasteiger partial charge in [-0.1, -0.05) is 47.7 Å². The van der Waals surface area contributed by atoms with Crippen LogP contribution in [0.4, 0.5) is 5.13 Å². The molecule has 4 aromatic rings. The van der Waals surface area contributed by atoms with Gasteiger partial charge in [0.1, 0.15) is 17.2 Å². The van der Waals surface area contributed by atoms with Crippen LogP contribution in [0.15, 0.2) is 66.7 Å². The van der Waals surface area contributed by atoms with Crippen LogP contribution < -0.4 is 14.4 Å². The van der Waals surface area contributed by atoms with Crippen LogP contribution >= 0.6 is 23.7 Å². The van der Waals surface area contributed by atoms with Crippen LogP contribution in [0.5, 0.6) is 17.2 Å². The fourth-order valence-electron chi connectivity index (χ4n) is 4.07. The highest BCUT2D eigenvalue weighted by Crippen LogP contribution is 2.45. The molecule has 3 aromatic carbocycles. The average molecular weight is 496 g/mol. The van der Waals surface area contributed by atoms with Crippen LogP contribution in [0.1, 0.15) is 17.0 Å². The van der Waals surface area contributed by atoms with Crippen molar-refractivity contribution in [3.8, 4) is 17.2 Å². The zero-order chi connectivity index (χ0) is 22.9. The second kappa shape index (κ2) is 10.0. The van der Waals surface area contributed by atoms with Crippen molar-refractivity contribution in [2.24, 2.45) is 0 Å². The molecule has 5 rings (SSSR count). The van der Waals surface area contributed by atoms with Crippen LogP contribution in [0.25, 0.3) is 10.2 Å². The average Bonchev–Trinajstić information content (AvgIpc) is 3.25. The number of benzene rings is 3. The molecule has 2 heterocycles. The number of para-hydroxylation sites is 2. The number of rotatable bonds is 6. The molecule has 1 amide bonds. The van der Waals surface area contributed by atoms with Crippen molar-refractivity contribution in [2.45, 2.75) is 5.92 Å². The summed E-state index contributed by atoms with van der Waals surface area (Å²) in [6, 6.07) is 21.3. The van der Waals surface area contributed by atoms with Gasteiger partial charge in [-0.15, -0.1) is 12.4 Å². The van der Waals surface area contributed by atoms with Crippen molar-refractivity contribution >= 4 is 45.0 Å². The highest BCUT2D eigenvalue weighted by Gasteiger charge is 2.36. The molecule has 0 atom stereocenters. The van der Waals surface area contributed by atoms with Gasteiger partial charge in [-0.25, -0.2) is 4.98 Å². The third kappa shape index (κ3) is 4.46. The lowest BCUT2D eigenvalue weighted by atomic mass is 9.87. The number of carbonyl (C=O) groups is 1. The fourth-order valence-corrected chi connectivity index (χ4v) is 5.09. The van der Waals surface area contributed by atoms with E-state index in [0.717, 1.165) is 45.1 Å². The summed E-state index contributed by atoms with van der Waals surface area (Å²) in [6.45, 7) is 1.25. The molecule has 34 heavy (non-hydrogen) atoms. The zero-order valence-corrected chi connectivity index (χ0v) is 20.9. The molecule has 6 nitrogen and oxygen atoms in total. The summed E-state index contributed by atoms with van der Waals surface area (Å²) < 4.78 is 12.5. The van der Waals surface area contributed by atoms with E-state index in [1.807, 2.05) is 85.7 Å². The van der Waals surface area contributed by atoms with Gasteiger partial charge in [0.25, 0.3) is 0 Å². The molecule has 0 spiro atoms. The number of thiazole rings is 1. The molecule has 0 unspecified atom stereocenters. The first-order valence-corrected chi connectivity index (χ1v) is 11.6. The maximum Gasteiger partial charge on any atom is 0.241 e. The predicted octanol–water partition coefficient (Wildman–Crippen LogP) is 5.56. The van der Waals surface area contributed by atoms with E-state index < -0.39 is 5.92 Å². The van der Waals surface area contributed by atoms with Crippen molar-refractivity contribution in [2.75, 3.05) is 39.2 Å². The Labute approximate surface area is 209 Å². The monoisotopic (exact) mass is 495 g/mol. The lowest BCUT2D eigenvalue weighted by molar-refractivity contribution is -0.119. The SMILES string of the molecule is COc1ccc2nc(N(CCN(C)C)C(=O)C3c4ccccc4Oc4ccccc43)sc2c1.Cl. The zero-order valence-electron chi connectivity index (χ0n) is 19.2. The number of carbonyl (C=O) groups excluding carboxylic acids is 1. The second-order valence-electron chi connectivity index (χ2n) is 8.23. The topological polar surface area (TPSA) is 54.9 Å². The van der Waals surface area contributed by atoms with Gasteiger partial charge in [0.15, 0.2) is 5.13 Å². The Morgan fingerprint density at radius 2 is 1.65 bits per heavy atom. The van der Waals surface area contributed by atoms with Crippen molar-refractivity contribution in [3.63, 3.8) is 0 Å². The van der Waals surface area contributed by atoms with Crippen molar-refractivity contribution in [1.29, 1.82) is 0 Å². The number of fused-ring (bicyclic) bond motifs is 3. The predicted molar refractivity (Wildman–Crippen MR) is 139 cm³/mol. The van der Waals surface area contributed by atoms with Gasteiger partial charge in [-0.05, 0) is 44.4 Å². The van der Waals surface area contributed by atoms with E-state index in [2.05, 4.69) is 4.90 Å². The number of likely N-dealkylation sites (N-methyl/N-ethyl adjacent to an activating group) is 1. The minimum Gasteiger partial charge on any atom is -0.497 e. The van der Waals surface area contributed by atoms with Crippen LogP contribution in [0.3, 0.4) is 0 Å². The molecular weight excluding hydrogens is 470 g/mol. The summed E-state index contributed by atoms with van der Waals surface area (Å²) in [7, 11) is 5.66. The highest BCUT2D eigenvalue weighted by molar-refractivity contribution is 7.22. The van der Waals surface area contributed by atoms with Crippen LogP contribution in [-0.4, -0.2) is 50.1 Å². The molecule has 8 heteroatoms. The molecule has 0 aliphatic carbocycles. The number of anilines is 1. The molecule has 0 bridgehead atoms. The number of aromatic nitrogens is 1. The molecule has 1 aliphatic heterocycles. The third-order valence-corrected chi connectivity index (χ3v) is 6.82. The summed E-state index contributed by atoms with van der Waals surface area (Å²) in [5.41, 5.74) is 2.60. The lowest BCUT2D eigenvalue weighted by Crippen LogP contribution is -2.40. The van der Waals surface area contributed by atoms with Gasteiger partial charge in [-0.3, -0.25) is 9.69 Å². The molecule has 0 radical (unpaired) electrons. The summed E-state index contributed by atoms with van der Waals surface area (Å²) in [5.74, 6) is 1.74. The van der Waals surface area contributed by atoms with Gasteiger partial charge in [0, 0.05) is 24.2 Å². The number of amides is 1. The first-order chi connectivity index (χ1) is 16.0. The lowest BCUT2D eigenvalue weighted by Gasteiger charge is -2.31. The van der Waals surface area contributed by atoms with Crippen LogP contribution in [0.2, 0.25) is 0 Å². The van der Waals surface area contributed by atoms with Crippen molar-refractivity contribution < 1.29 is 14.3 Å². The molecule has 176 valence electrons. The molecular formula is C26H26ClN3O3S. The summed E-state index contributed by atoms with van der Waals surface area (Å²) >= 11 is 1.51. The molecule has 0 saturated heterocycles. The third-order valence-electron chi connectivity index (χ3n) is 5.78. The molecule has 1 aliphatic rings. The molecule has 1 aromatic heterocycles. The number of ether oxygens (including phenoxy) is 2. The fraction of sp³-hybridized carbons (Fsp3) is 0.231. The number of methoxy groups -OCH3 is 1. The second-order valence-corrected chi connectivity index (χ2v) is 9.24. The quantitative estimate of drug-likeness (QED) is 0.350. The first-order valence-electron chi connectivity index (χ1n) is 10.8. The van der Waals surface area contributed by atoms with Crippen LogP contribution in [-0.2, 0) is 4.79 Å². The van der Waals surface area contributed by atoms with Gasteiger partial charge in [0.05, 0.1) is 23.2 Å². The minimum absolute atomic E-state index is 0. The smallest absolute Gasteiger partial charge is 0.241 e. The van der Waals surface area contributed by atoms with E-state index in [0.29, 0.717) is 11.7 Å². The summed E-state index contributed by atoms with van der Waals surface area (Å²) in [6.07, 6.45) is 0. The Morgan fingerprint density at radius 1 is 1.00 bits per heavy atom. The largest absolute Gasteiger partial charge is 0.497 e. The molecule has 0 saturated carbocycles. The van der Waals surface area contributed by atoms with Gasteiger partial charge >= 0.3 is 0 Å². The Hall–Kier alpha value is -3.13. The van der Waals surface area contributed by atoms with Gasteiger partial charge in [0.2, 0.25) is 5.91 Å². The van der Waals surface area contributed by atoms with Crippen molar-refractivity contribution in [3.05, 3.63) is 77.9 Å². The normalized spacial score (nSPS) is 12.5. The Balaban J connectivity index is 0.00000274. The van der Waals surface area contributed by atoms with Crippen molar-refractivity contribution in [1.82, 2.24) is 9.88 Å². The maximum absolute atomic E-state index is 14.2. The van der Waals surface area contributed by atoms with E-state index in [1.165, 1.54) is 11.3 Å². The Kier molecular flexibility index (Phi) is 7.07. The van der Waals surface area contributed by atoms with E-state index in [4.69, 9.17) is 14.5 Å². The number of hydrogen-bond acceptors (Lipinski definition) is 6. The molecule has 0 N–H and O–H groups in total. The van der Waals surface area contributed by atoms with E-state index in [-0.39, 0.29) is 18.3 Å². The first kappa shape index (κ1) is 24.0. The number of halogens is 1. The minimum atomic E-state index is -0.463. The van der Waals surface area contributed by atoms with E-state index in [9.17, 15) is 4.79 Å². The van der Waals surface area contributed by atoms with Gasteiger partial charge < -0.3 is 14.4 Å². The standard InChI is InChI=1S/C26H25N3O3S.ClH/c1-28(2)14-15-29(26-27-20-13-12-17(31-3)16-23(20)33-26)25(30)24-18-8-4-6-10-21(18)32-22-11-7-5-9-19(22)24;/h4-13,16,24H,14-15H2,1-3H3;1H.